The summed E-state index contributed by atoms with van der Waals surface area (Å²) in [5.41, 5.74) is 2.73. The predicted molar refractivity (Wildman–Crippen MR) is 115 cm³/mol. The van der Waals surface area contributed by atoms with E-state index < -0.39 is 17.8 Å². The van der Waals surface area contributed by atoms with Gasteiger partial charge in [-0.05, 0) is 48.4 Å². The highest BCUT2D eigenvalue weighted by atomic mass is 35.5. The molecule has 2 aromatic rings. The van der Waals surface area contributed by atoms with Gasteiger partial charge in [0.2, 0.25) is 0 Å². The maximum absolute atomic E-state index is 13.0. The van der Waals surface area contributed by atoms with Gasteiger partial charge in [-0.3, -0.25) is 14.9 Å². The minimum Gasteiger partial charge on any atom is -0.378 e. The maximum atomic E-state index is 13.0. The highest BCUT2D eigenvalue weighted by Crippen LogP contribution is 2.27. The monoisotopic (exact) mass is 425 g/mol. The van der Waals surface area contributed by atoms with E-state index in [9.17, 15) is 14.4 Å². The van der Waals surface area contributed by atoms with E-state index in [4.69, 9.17) is 16.3 Å². The van der Waals surface area contributed by atoms with E-state index in [2.05, 4.69) is 10.2 Å². The van der Waals surface area contributed by atoms with Gasteiger partial charge in [0.15, 0.2) is 0 Å². The van der Waals surface area contributed by atoms with E-state index >= 15 is 0 Å². The van der Waals surface area contributed by atoms with E-state index in [0.29, 0.717) is 29.5 Å². The average Bonchev–Trinajstić information content (AvgIpc) is 2.74. The van der Waals surface area contributed by atoms with Crippen LogP contribution >= 0.6 is 11.6 Å². The molecule has 2 aliphatic heterocycles. The van der Waals surface area contributed by atoms with Gasteiger partial charge in [0.1, 0.15) is 5.57 Å². The van der Waals surface area contributed by atoms with Gasteiger partial charge < -0.3 is 9.64 Å². The molecule has 154 valence electrons. The summed E-state index contributed by atoms with van der Waals surface area (Å²) in [6.45, 7) is 4.83. The van der Waals surface area contributed by atoms with Gasteiger partial charge >= 0.3 is 6.03 Å². The summed E-state index contributed by atoms with van der Waals surface area (Å²) < 4.78 is 5.36. The van der Waals surface area contributed by atoms with Crippen molar-refractivity contribution in [2.75, 3.05) is 36.1 Å². The number of aryl methyl sites for hydroxylation is 1. The number of carbonyl (C=O) groups is 3. The summed E-state index contributed by atoms with van der Waals surface area (Å²) in [6.07, 6.45) is 1.48. The molecule has 30 heavy (non-hydrogen) atoms. The molecule has 2 fully saturated rings. The van der Waals surface area contributed by atoms with Crippen LogP contribution in [0.15, 0.2) is 48.0 Å². The molecule has 2 aliphatic rings. The third-order valence-corrected chi connectivity index (χ3v) is 5.50. The van der Waals surface area contributed by atoms with Gasteiger partial charge in [-0.2, -0.15) is 0 Å². The number of benzene rings is 2. The number of anilines is 2. The lowest BCUT2D eigenvalue weighted by molar-refractivity contribution is -0.122. The van der Waals surface area contributed by atoms with E-state index in [0.717, 1.165) is 29.2 Å². The number of amides is 4. The Morgan fingerprint density at radius 1 is 1.00 bits per heavy atom. The van der Waals surface area contributed by atoms with Crippen LogP contribution < -0.4 is 15.1 Å². The Kier molecular flexibility index (Phi) is 5.57. The van der Waals surface area contributed by atoms with Gasteiger partial charge in [0.05, 0.1) is 18.9 Å². The average molecular weight is 426 g/mol. The maximum Gasteiger partial charge on any atom is 0.335 e. The highest BCUT2D eigenvalue weighted by Gasteiger charge is 2.36. The predicted octanol–water partition coefficient (Wildman–Crippen LogP) is 3.15. The number of urea groups is 1. The standard InChI is InChI=1S/C22H20ClN3O4/c1-14-2-5-17(13-19(14)23)26-21(28)18(20(27)24-22(26)29)12-15-3-6-16(7-4-15)25-8-10-30-11-9-25/h2-7,12-13H,8-11H2,1H3,(H,24,27,29)/b18-12+. The second-order valence-corrected chi connectivity index (χ2v) is 7.49. The van der Waals surface area contributed by atoms with Crippen molar-refractivity contribution < 1.29 is 19.1 Å². The van der Waals surface area contributed by atoms with Crippen LogP contribution in [0.1, 0.15) is 11.1 Å². The fraction of sp³-hybridized carbons (Fsp3) is 0.227. The summed E-state index contributed by atoms with van der Waals surface area (Å²) in [6, 6.07) is 11.6. The number of barbiturate groups is 1. The molecule has 0 spiro atoms. The molecule has 0 aromatic heterocycles. The largest absolute Gasteiger partial charge is 0.378 e. The molecule has 7 nitrogen and oxygen atoms in total. The Morgan fingerprint density at radius 2 is 1.67 bits per heavy atom. The Morgan fingerprint density at radius 3 is 2.33 bits per heavy atom. The SMILES string of the molecule is Cc1ccc(N2C(=O)NC(=O)/C(=C\c3ccc(N4CCOCC4)cc3)C2=O)cc1Cl. The summed E-state index contributed by atoms with van der Waals surface area (Å²) >= 11 is 6.14. The molecule has 8 heteroatoms. The summed E-state index contributed by atoms with van der Waals surface area (Å²) in [4.78, 5) is 40.8. The molecule has 0 unspecified atom stereocenters. The van der Waals surface area contributed by atoms with Crippen LogP contribution in [0.25, 0.3) is 6.08 Å². The molecule has 0 bridgehead atoms. The van der Waals surface area contributed by atoms with E-state index in [1.165, 1.54) is 12.1 Å². The fourth-order valence-corrected chi connectivity index (χ4v) is 3.56. The molecule has 4 rings (SSSR count). The van der Waals surface area contributed by atoms with Gasteiger partial charge in [-0.15, -0.1) is 0 Å². The van der Waals surface area contributed by atoms with Crippen LogP contribution in [-0.4, -0.2) is 44.1 Å². The van der Waals surface area contributed by atoms with Crippen molar-refractivity contribution in [2.24, 2.45) is 0 Å². The van der Waals surface area contributed by atoms with Crippen molar-refractivity contribution >= 4 is 46.9 Å². The topological polar surface area (TPSA) is 79.0 Å². The lowest BCUT2D eigenvalue weighted by atomic mass is 10.1. The molecule has 4 amide bonds. The van der Waals surface area contributed by atoms with Crippen molar-refractivity contribution in [3.63, 3.8) is 0 Å². The molecule has 2 saturated heterocycles. The zero-order valence-corrected chi connectivity index (χ0v) is 17.1. The zero-order chi connectivity index (χ0) is 21.3. The Labute approximate surface area is 178 Å². The first-order chi connectivity index (χ1) is 14.4. The van der Waals surface area contributed by atoms with Gasteiger partial charge in [0.25, 0.3) is 11.8 Å². The lowest BCUT2D eigenvalue weighted by Gasteiger charge is -2.29. The number of nitrogens with one attached hydrogen (secondary N) is 1. The third kappa shape index (κ3) is 3.94. The van der Waals surface area contributed by atoms with Crippen LogP contribution in [0.3, 0.4) is 0 Å². The Hall–Kier alpha value is -3.16. The van der Waals surface area contributed by atoms with Gasteiger partial charge in [-0.25, -0.2) is 9.69 Å². The number of rotatable bonds is 3. The molecule has 2 aromatic carbocycles. The number of nitrogens with zero attached hydrogens (tertiary/aromatic N) is 2. The fourth-order valence-electron chi connectivity index (χ4n) is 3.38. The molecule has 2 heterocycles. The molecular formula is C22H20ClN3O4. The number of ether oxygens (including phenoxy) is 1. The number of hydrogen-bond acceptors (Lipinski definition) is 5. The second kappa shape index (κ2) is 8.30. The van der Waals surface area contributed by atoms with E-state index in [1.807, 2.05) is 31.2 Å². The second-order valence-electron chi connectivity index (χ2n) is 7.08. The molecular weight excluding hydrogens is 406 g/mol. The number of hydrogen-bond donors (Lipinski definition) is 1. The van der Waals surface area contributed by atoms with E-state index in [1.54, 1.807) is 12.1 Å². The normalized spacial score (nSPS) is 18.7. The molecule has 1 N–H and O–H groups in total. The van der Waals surface area contributed by atoms with Crippen molar-refractivity contribution in [3.8, 4) is 0 Å². The molecule has 0 radical (unpaired) electrons. The van der Waals surface area contributed by atoms with Crippen LogP contribution in [0.2, 0.25) is 5.02 Å². The first kappa shape index (κ1) is 20.1. The molecule has 0 atom stereocenters. The smallest absolute Gasteiger partial charge is 0.335 e. The number of morpholine rings is 1. The number of halogens is 1. The first-order valence-electron chi connectivity index (χ1n) is 9.54. The minimum absolute atomic E-state index is 0.120. The van der Waals surface area contributed by atoms with Gasteiger partial charge in [0, 0.05) is 23.8 Å². The molecule has 0 saturated carbocycles. The van der Waals surface area contributed by atoms with Crippen LogP contribution in [0.5, 0.6) is 0 Å². The van der Waals surface area contributed by atoms with Crippen molar-refractivity contribution in [2.45, 2.75) is 6.92 Å². The van der Waals surface area contributed by atoms with Crippen LogP contribution in [-0.2, 0) is 14.3 Å². The van der Waals surface area contributed by atoms with E-state index in [-0.39, 0.29) is 5.57 Å². The zero-order valence-electron chi connectivity index (χ0n) is 16.4. The lowest BCUT2D eigenvalue weighted by Crippen LogP contribution is -2.54. The number of carbonyl (C=O) groups excluding carboxylic acids is 3. The third-order valence-electron chi connectivity index (χ3n) is 5.10. The first-order valence-corrected chi connectivity index (χ1v) is 9.92. The summed E-state index contributed by atoms with van der Waals surface area (Å²) in [7, 11) is 0. The van der Waals surface area contributed by atoms with Crippen molar-refractivity contribution in [1.82, 2.24) is 5.32 Å². The molecule has 0 aliphatic carbocycles. The highest BCUT2D eigenvalue weighted by molar-refractivity contribution is 6.39. The quantitative estimate of drug-likeness (QED) is 0.603. The van der Waals surface area contributed by atoms with Crippen LogP contribution in [0.4, 0.5) is 16.2 Å². The Balaban J connectivity index is 1.61. The van der Waals surface area contributed by atoms with Crippen molar-refractivity contribution in [3.05, 3.63) is 64.2 Å². The summed E-state index contributed by atoms with van der Waals surface area (Å²) in [5.74, 6) is -1.42. The Bertz CT molecular complexity index is 1040. The van der Waals surface area contributed by atoms with Crippen molar-refractivity contribution in [1.29, 1.82) is 0 Å². The minimum atomic E-state index is -0.801. The van der Waals surface area contributed by atoms with Crippen LogP contribution in [0, 0.1) is 6.92 Å². The number of imide groups is 2. The van der Waals surface area contributed by atoms with Gasteiger partial charge in [-0.1, -0.05) is 29.8 Å². The summed E-state index contributed by atoms with van der Waals surface area (Å²) in [5, 5.41) is 2.64.